The third-order valence-electron chi connectivity index (χ3n) is 1.86. The maximum absolute atomic E-state index is 3.33. The molecule has 2 heteroatoms. The highest BCUT2D eigenvalue weighted by molar-refractivity contribution is 7.11. The van der Waals surface area contributed by atoms with Gasteiger partial charge in [0.25, 0.3) is 0 Å². The molecule has 0 saturated carbocycles. The minimum Gasteiger partial charge on any atom is -0.313 e. The molecule has 0 fully saturated rings. The molecule has 0 bridgehead atoms. The first-order valence-corrected chi connectivity index (χ1v) is 5.64. The van der Waals surface area contributed by atoms with E-state index in [1.165, 1.54) is 16.9 Å². The maximum Gasteiger partial charge on any atom is 0.0296 e. The Hall–Kier alpha value is -0.600. The molecular formula is C11H17NS. The van der Waals surface area contributed by atoms with Crippen molar-refractivity contribution in [2.75, 3.05) is 13.1 Å². The minimum absolute atomic E-state index is 0.977. The van der Waals surface area contributed by atoms with Crippen LogP contribution in [0.3, 0.4) is 0 Å². The van der Waals surface area contributed by atoms with Crippen LogP contribution in [0.25, 0.3) is 6.08 Å². The molecule has 0 aliphatic heterocycles. The van der Waals surface area contributed by atoms with E-state index in [1.807, 2.05) is 0 Å². The molecule has 0 atom stereocenters. The molecule has 1 N–H and O–H groups in total. The summed E-state index contributed by atoms with van der Waals surface area (Å²) >= 11 is 1.80. The first-order valence-electron chi connectivity index (χ1n) is 4.76. The van der Waals surface area contributed by atoms with Gasteiger partial charge in [-0.25, -0.2) is 0 Å². The third kappa shape index (κ3) is 3.75. The van der Waals surface area contributed by atoms with Gasteiger partial charge in [0.1, 0.15) is 0 Å². The normalized spacial score (nSPS) is 11.2. The molecule has 13 heavy (non-hydrogen) atoms. The van der Waals surface area contributed by atoms with E-state index in [2.05, 4.69) is 42.8 Å². The van der Waals surface area contributed by atoms with Gasteiger partial charge >= 0.3 is 0 Å². The van der Waals surface area contributed by atoms with Crippen molar-refractivity contribution < 1.29 is 0 Å². The molecule has 1 nitrogen and oxygen atoms in total. The second-order valence-electron chi connectivity index (χ2n) is 3.07. The molecule has 0 aromatic carbocycles. The van der Waals surface area contributed by atoms with Crippen molar-refractivity contribution in [1.82, 2.24) is 5.32 Å². The fourth-order valence-electron chi connectivity index (χ4n) is 1.08. The molecule has 1 aromatic heterocycles. The lowest BCUT2D eigenvalue weighted by Crippen LogP contribution is -2.13. The number of rotatable bonds is 5. The molecule has 0 spiro atoms. The zero-order valence-electron chi connectivity index (χ0n) is 8.34. The van der Waals surface area contributed by atoms with Crippen molar-refractivity contribution in [1.29, 1.82) is 0 Å². The summed E-state index contributed by atoms with van der Waals surface area (Å²) in [6.45, 7) is 6.41. The van der Waals surface area contributed by atoms with E-state index in [4.69, 9.17) is 0 Å². The lowest BCUT2D eigenvalue weighted by Gasteiger charge is -1.95. The molecule has 1 rings (SSSR count). The van der Waals surface area contributed by atoms with Crippen LogP contribution in [0, 0.1) is 6.92 Å². The van der Waals surface area contributed by atoms with E-state index >= 15 is 0 Å². The Kier molecular flexibility index (Phi) is 4.79. The van der Waals surface area contributed by atoms with Crippen LogP contribution in [-0.2, 0) is 0 Å². The van der Waals surface area contributed by atoms with Gasteiger partial charge < -0.3 is 5.32 Å². The summed E-state index contributed by atoms with van der Waals surface area (Å²) in [6.07, 6.45) is 5.59. The minimum atomic E-state index is 0.977. The summed E-state index contributed by atoms with van der Waals surface area (Å²) in [5, 5.41) is 5.47. The van der Waals surface area contributed by atoms with Crippen LogP contribution >= 0.6 is 11.3 Å². The highest BCUT2D eigenvalue weighted by Gasteiger charge is 1.92. The predicted octanol–water partition coefficient (Wildman–Crippen LogP) is 3.07. The van der Waals surface area contributed by atoms with Gasteiger partial charge in [0, 0.05) is 11.4 Å². The summed E-state index contributed by atoms with van der Waals surface area (Å²) in [5.74, 6) is 0. The van der Waals surface area contributed by atoms with E-state index in [0.717, 1.165) is 13.1 Å². The molecule has 0 amide bonds. The molecule has 0 saturated heterocycles. The standard InChI is InChI=1S/C11H17NS/c1-3-7-12-8-4-5-11-10(2)6-9-13-11/h4-6,9,12H,3,7-8H2,1-2H3. The Bertz CT molecular complexity index is 263. The van der Waals surface area contributed by atoms with Gasteiger partial charge in [0.15, 0.2) is 0 Å². The Balaban J connectivity index is 2.28. The summed E-state index contributed by atoms with van der Waals surface area (Å²) in [5.41, 5.74) is 1.37. The van der Waals surface area contributed by atoms with Gasteiger partial charge in [-0.05, 0) is 43.0 Å². The summed E-state index contributed by atoms with van der Waals surface area (Å²) < 4.78 is 0. The smallest absolute Gasteiger partial charge is 0.0296 e. The van der Waals surface area contributed by atoms with Gasteiger partial charge in [-0.1, -0.05) is 13.0 Å². The Morgan fingerprint density at radius 2 is 2.38 bits per heavy atom. The number of thiophene rings is 1. The lowest BCUT2D eigenvalue weighted by molar-refractivity contribution is 0.730. The van der Waals surface area contributed by atoms with Gasteiger partial charge in [-0.15, -0.1) is 11.3 Å². The van der Waals surface area contributed by atoms with E-state index in [9.17, 15) is 0 Å². The first kappa shape index (κ1) is 10.5. The van der Waals surface area contributed by atoms with Crippen LogP contribution in [0.2, 0.25) is 0 Å². The van der Waals surface area contributed by atoms with Crippen LogP contribution < -0.4 is 5.32 Å². The molecule has 0 unspecified atom stereocenters. The molecular weight excluding hydrogens is 178 g/mol. The zero-order valence-corrected chi connectivity index (χ0v) is 9.16. The topological polar surface area (TPSA) is 12.0 Å². The van der Waals surface area contributed by atoms with Crippen LogP contribution in [0.1, 0.15) is 23.8 Å². The Morgan fingerprint density at radius 1 is 1.54 bits per heavy atom. The molecule has 1 heterocycles. The first-order chi connectivity index (χ1) is 6.34. The second kappa shape index (κ2) is 5.95. The summed E-state index contributed by atoms with van der Waals surface area (Å²) in [7, 11) is 0. The molecule has 0 aliphatic rings. The zero-order chi connectivity index (χ0) is 9.52. The summed E-state index contributed by atoms with van der Waals surface area (Å²) in [6, 6.07) is 2.16. The van der Waals surface area contributed by atoms with Crippen molar-refractivity contribution in [2.24, 2.45) is 0 Å². The Labute approximate surface area is 84.5 Å². The van der Waals surface area contributed by atoms with E-state index < -0.39 is 0 Å². The molecule has 0 aliphatic carbocycles. The molecule has 0 radical (unpaired) electrons. The van der Waals surface area contributed by atoms with Crippen LogP contribution in [0.4, 0.5) is 0 Å². The largest absolute Gasteiger partial charge is 0.313 e. The average Bonchev–Trinajstić information content (AvgIpc) is 2.52. The SMILES string of the molecule is CCCNCC=Cc1sccc1C. The fourth-order valence-corrected chi connectivity index (χ4v) is 1.93. The lowest BCUT2D eigenvalue weighted by atomic mass is 10.3. The highest BCUT2D eigenvalue weighted by atomic mass is 32.1. The van der Waals surface area contributed by atoms with Crippen molar-refractivity contribution in [3.63, 3.8) is 0 Å². The number of hydrogen-bond donors (Lipinski definition) is 1. The second-order valence-corrected chi connectivity index (χ2v) is 4.02. The monoisotopic (exact) mass is 195 g/mol. The fraction of sp³-hybridized carbons (Fsp3) is 0.455. The van der Waals surface area contributed by atoms with Gasteiger partial charge in [0.2, 0.25) is 0 Å². The highest BCUT2D eigenvalue weighted by Crippen LogP contribution is 2.16. The number of aryl methyl sites for hydroxylation is 1. The van der Waals surface area contributed by atoms with E-state index in [1.54, 1.807) is 11.3 Å². The quantitative estimate of drug-likeness (QED) is 0.712. The van der Waals surface area contributed by atoms with Crippen LogP contribution in [0.5, 0.6) is 0 Å². The van der Waals surface area contributed by atoms with Gasteiger partial charge in [-0.2, -0.15) is 0 Å². The average molecular weight is 195 g/mol. The van der Waals surface area contributed by atoms with Gasteiger partial charge in [-0.3, -0.25) is 0 Å². The number of hydrogen-bond acceptors (Lipinski definition) is 2. The van der Waals surface area contributed by atoms with E-state index in [0.29, 0.717) is 0 Å². The predicted molar refractivity (Wildman–Crippen MR) is 61.3 cm³/mol. The van der Waals surface area contributed by atoms with Crippen molar-refractivity contribution in [3.8, 4) is 0 Å². The summed E-state index contributed by atoms with van der Waals surface area (Å²) in [4.78, 5) is 1.37. The molecule has 72 valence electrons. The molecule has 1 aromatic rings. The van der Waals surface area contributed by atoms with Crippen LogP contribution in [0.15, 0.2) is 17.5 Å². The van der Waals surface area contributed by atoms with Crippen LogP contribution in [-0.4, -0.2) is 13.1 Å². The van der Waals surface area contributed by atoms with Gasteiger partial charge in [0.05, 0.1) is 0 Å². The van der Waals surface area contributed by atoms with Crippen molar-refractivity contribution in [3.05, 3.63) is 28.0 Å². The maximum atomic E-state index is 3.33. The Morgan fingerprint density at radius 3 is 3.00 bits per heavy atom. The number of nitrogens with one attached hydrogen (secondary N) is 1. The van der Waals surface area contributed by atoms with E-state index in [-0.39, 0.29) is 0 Å². The van der Waals surface area contributed by atoms with Crippen molar-refractivity contribution >= 4 is 17.4 Å². The van der Waals surface area contributed by atoms with Crippen molar-refractivity contribution in [2.45, 2.75) is 20.3 Å². The third-order valence-corrected chi connectivity index (χ3v) is 2.84.